The number of fused-ring (bicyclic) bond motifs is 1. The van der Waals surface area contributed by atoms with Crippen molar-refractivity contribution >= 4 is 34.0 Å². The fourth-order valence-electron chi connectivity index (χ4n) is 3.09. The molecule has 5 nitrogen and oxygen atoms in total. The van der Waals surface area contributed by atoms with E-state index >= 15 is 0 Å². The molecule has 1 aliphatic rings. The molecule has 24 heavy (non-hydrogen) atoms. The summed E-state index contributed by atoms with van der Waals surface area (Å²) in [7, 11) is 3.28. The fourth-order valence-corrected chi connectivity index (χ4v) is 3.36. The molecule has 0 saturated heterocycles. The molecule has 1 amide bonds. The van der Waals surface area contributed by atoms with Gasteiger partial charge < -0.3 is 20.7 Å². The number of allylic oxidation sites excluding steroid dienone is 1. The molecule has 0 unspecified atom stereocenters. The maximum atomic E-state index is 12.4. The summed E-state index contributed by atoms with van der Waals surface area (Å²) in [6.07, 6.45) is 0. The zero-order valence-electron chi connectivity index (χ0n) is 13.8. The second kappa shape index (κ2) is 6.49. The van der Waals surface area contributed by atoms with Gasteiger partial charge in [-0.1, -0.05) is 30.3 Å². The van der Waals surface area contributed by atoms with Gasteiger partial charge >= 0.3 is 0 Å². The van der Waals surface area contributed by atoms with Gasteiger partial charge in [-0.25, -0.2) is 0 Å². The predicted octanol–water partition coefficient (Wildman–Crippen LogP) is 2.39. The lowest BCUT2D eigenvalue weighted by molar-refractivity contribution is -0.117. The summed E-state index contributed by atoms with van der Waals surface area (Å²) in [5.74, 6) is 0.660. The minimum atomic E-state index is -0.325. The third-order valence-electron chi connectivity index (χ3n) is 4.19. The number of ether oxygens (including phenoxy) is 1. The van der Waals surface area contributed by atoms with Crippen molar-refractivity contribution in [1.29, 1.82) is 0 Å². The zero-order chi connectivity index (χ0) is 17.3. The molecule has 0 fully saturated rings. The summed E-state index contributed by atoms with van der Waals surface area (Å²) in [5.41, 5.74) is 2.36. The van der Waals surface area contributed by atoms with Crippen LogP contribution >= 0.6 is 12.2 Å². The highest BCUT2D eigenvalue weighted by Gasteiger charge is 2.30. The summed E-state index contributed by atoms with van der Waals surface area (Å²) in [4.78, 5) is 12.4. The first-order valence-electron chi connectivity index (χ1n) is 7.62. The number of carbonyl (C=O) groups is 1. The molecule has 2 aromatic rings. The van der Waals surface area contributed by atoms with Crippen LogP contribution in [0.15, 0.2) is 47.7 Å². The van der Waals surface area contributed by atoms with E-state index in [1.807, 2.05) is 43.3 Å². The highest BCUT2D eigenvalue weighted by atomic mass is 32.1. The van der Waals surface area contributed by atoms with Crippen molar-refractivity contribution in [3.05, 3.63) is 53.2 Å². The number of hydrogen-bond donors (Lipinski definition) is 3. The molecule has 1 heterocycles. The number of thiocarbonyl (C=S) groups is 1. The van der Waals surface area contributed by atoms with Crippen molar-refractivity contribution in [1.82, 2.24) is 16.0 Å². The Bertz CT molecular complexity index is 860. The molecule has 0 aliphatic carbocycles. The van der Waals surface area contributed by atoms with Gasteiger partial charge in [0, 0.05) is 18.1 Å². The molecule has 6 heteroatoms. The third kappa shape index (κ3) is 2.69. The van der Waals surface area contributed by atoms with Gasteiger partial charge in [0.1, 0.15) is 5.75 Å². The number of likely N-dealkylation sites (N-methyl/N-ethyl adjacent to an activating group) is 1. The molecule has 0 saturated carbocycles. The van der Waals surface area contributed by atoms with E-state index in [1.165, 1.54) is 0 Å². The molecule has 0 radical (unpaired) electrons. The van der Waals surface area contributed by atoms with E-state index in [0.29, 0.717) is 10.7 Å². The van der Waals surface area contributed by atoms with Crippen LogP contribution in [0.3, 0.4) is 0 Å². The van der Waals surface area contributed by atoms with Crippen molar-refractivity contribution < 1.29 is 9.53 Å². The number of rotatable bonds is 3. The molecule has 124 valence electrons. The van der Waals surface area contributed by atoms with Crippen molar-refractivity contribution in [3.63, 3.8) is 0 Å². The predicted molar refractivity (Wildman–Crippen MR) is 98.9 cm³/mol. The lowest BCUT2D eigenvalue weighted by Gasteiger charge is -2.31. The van der Waals surface area contributed by atoms with Gasteiger partial charge in [0.2, 0.25) is 0 Å². The van der Waals surface area contributed by atoms with Crippen molar-refractivity contribution in [2.75, 3.05) is 14.2 Å². The van der Waals surface area contributed by atoms with Crippen LogP contribution in [0.1, 0.15) is 18.5 Å². The Labute approximate surface area is 146 Å². The Hall–Kier alpha value is -2.60. The van der Waals surface area contributed by atoms with Crippen LogP contribution in [0.2, 0.25) is 0 Å². The molecule has 3 rings (SSSR count). The van der Waals surface area contributed by atoms with Gasteiger partial charge in [0.05, 0.1) is 18.7 Å². The standard InChI is InChI=1S/C18H19N3O2S/c1-10-15(17(22)19-2)16(21-18(24)20-10)13-8-9-14(23-3)12-7-5-4-6-11(12)13/h4-9,16H,1-3H3,(H,19,22)(H2,20,21,24)/t16-/m1/s1. The van der Waals surface area contributed by atoms with E-state index in [1.54, 1.807) is 14.2 Å². The molecule has 1 aliphatic heterocycles. The van der Waals surface area contributed by atoms with E-state index in [2.05, 4.69) is 16.0 Å². The number of amides is 1. The summed E-state index contributed by atoms with van der Waals surface area (Å²) >= 11 is 5.29. The van der Waals surface area contributed by atoms with Gasteiger partial charge in [0.15, 0.2) is 5.11 Å². The van der Waals surface area contributed by atoms with Crippen LogP contribution in [0.4, 0.5) is 0 Å². The normalized spacial score (nSPS) is 17.3. The van der Waals surface area contributed by atoms with Crippen LogP contribution in [0.5, 0.6) is 5.75 Å². The van der Waals surface area contributed by atoms with Crippen LogP contribution < -0.4 is 20.7 Å². The van der Waals surface area contributed by atoms with Gasteiger partial charge in [-0.05, 0) is 36.2 Å². The largest absolute Gasteiger partial charge is 0.496 e. The number of methoxy groups -OCH3 is 1. The molecular formula is C18H19N3O2S. The monoisotopic (exact) mass is 341 g/mol. The van der Waals surface area contributed by atoms with E-state index < -0.39 is 0 Å². The number of benzene rings is 2. The maximum absolute atomic E-state index is 12.4. The van der Waals surface area contributed by atoms with Gasteiger partial charge in [-0.15, -0.1) is 0 Å². The first-order valence-corrected chi connectivity index (χ1v) is 8.03. The molecule has 3 N–H and O–H groups in total. The topological polar surface area (TPSA) is 62.4 Å². The van der Waals surface area contributed by atoms with Crippen LogP contribution in [-0.4, -0.2) is 25.2 Å². The minimum Gasteiger partial charge on any atom is -0.496 e. The van der Waals surface area contributed by atoms with Crippen LogP contribution in [-0.2, 0) is 4.79 Å². The van der Waals surface area contributed by atoms with Crippen molar-refractivity contribution in [2.45, 2.75) is 13.0 Å². The van der Waals surface area contributed by atoms with Crippen molar-refractivity contribution in [3.8, 4) is 5.75 Å². The zero-order valence-corrected chi connectivity index (χ0v) is 14.6. The third-order valence-corrected chi connectivity index (χ3v) is 4.41. The van der Waals surface area contributed by atoms with E-state index in [0.717, 1.165) is 27.8 Å². The lowest BCUT2D eigenvalue weighted by atomic mass is 9.91. The van der Waals surface area contributed by atoms with Crippen LogP contribution in [0.25, 0.3) is 10.8 Å². The molecule has 0 bridgehead atoms. The highest BCUT2D eigenvalue weighted by molar-refractivity contribution is 7.80. The van der Waals surface area contributed by atoms with Gasteiger partial charge in [-0.3, -0.25) is 4.79 Å². The second-order valence-electron chi connectivity index (χ2n) is 5.55. The Morgan fingerprint density at radius 3 is 2.58 bits per heavy atom. The Morgan fingerprint density at radius 2 is 1.92 bits per heavy atom. The van der Waals surface area contributed by atoms with Crippen LogP contribution in [0, 0.1) is 0 Å². The number of nitrogens with one attached hydrogen (secondary N) is 3. The fraction of sp³-hybridized carbons (Fsp3) is 0.222. The highest BCUT2D eigenvalue weighted by Crippen LogP contribution is 2.35. The molecule has 1 atom stereocenters. The smallest absolute Gasteiger partial charge is 0.251 e. The first-order chi connectivity index (χ1) is 11.6. The number of hydrogen-bond acceptors (Lipinski definition) is 3. The number of carbonyl (C=O) groups excluding carboxylic acids is 1. The quantitative estimate of drug-likeness (QED) is 0.748. The molecule has 0 spiro atoms. The average molecular weight is 341 g/mol. The minimum absolute atomic E-state index is 0.139. The molecular weight excluding hydrogens is 322 g/mol. The van der Waals surface area contributed by atoms with E-state index in [9.17, 15) is 4.79 Å². The Morgan fingerprint density at radius 1 is 1.21 bits per heavy atom. The maximum Gasteiger partial charge on any atom is 0.251 e. The average Bonchev–Trinajstić information content (AvgIpc) is 2.59. The Balaban J connectivity index is 2.23. The first kappa shape index (κ1) is 16.3. The second-order valence-corrected chi connectivity index (χ2v) is 5.96. The summed E-state index contributed by atoms with van der Waals surface area (Å²) in [5, 5.41) is 11.5. The van der Waals surface area contributed by atoms with E-state index in [4.69, 9.17) is 17.0 Å². The summed E-state index contributed by atoms with van der Waals surface area (Å²) in [6.45, 7) is 1.86. The molecule has 0 aromatic heterocycles. The van der Waals surface area contributed by atoms with Gasteiger partial charge in [0.25, 0.3) is 5.91 Å². The summed E-state index contributed by atoms with van der Waals surface area (Å²) in [6, 6.07) is 11.5. The lowest BCUT2D eigenvalue weighted by Crippen LogP contribution is -2.46. The Kier molecular flexibility index (Phi) is 4.40. The SMILES string of the molecule is CNC(=O)C1=C(C)NC(=S)N[C@@H]1c1ccc(OC)c2ccccc12. The van der Waals surface area contributed by atoms with Crippen molar-refractivity contribution in [2.24, 2.45) is 0 Å². The van der Waals surface area contributed by atoms with E-state index in [-0.39, 0.29) is 11.9 Å². The summed E-state index contributed by atoms with van der Waals surface area (Å²) < 4.78 is 5.46. The van der Waals surface area contributed by atoms with Gasteiger partial charge in [-0.2, -0.15) is 0 Å². The molecule has 2 aromatic carbocycles.